The van der Waals surface area contributed by atoms with Gasteiger partial charge < -0.3 is 28.8 Å². The van der Waals surface area contributed by atoms with Gasteiger partial charge in [-0.15, -0.1) is 0 Å². The van der Waals surface area contributed by atoms with Crippen molar-refractivity contribution >= 4 is 18.2 Å². The van der Waals surface area contributed by atoms with E-state index in [2.05, 4.69) is 6.58 Å². The maximum absolute atomic E-state index is 12.9. The summed E-state index contributed by atoms with van der Waals surface area (Å²) in [6, 6.07) is 0. The molecule has 4 aliphatic heterocycles. The number of epoxide rings is 1. The van der Waals surface area contributed by atoms with E-state index in [1.54, 1.807) is 13.8 Å². The summed E-state index contributed by atoms with van der Waals surface area (Å²) in [5, 5.41) is 11.0. The van der Waals surface area contributed by atoms with Crippen LogP contribution in [0.5, 0.6) is 0 Å². The number of hydrogen-bond donors (Lipinski definition) is 1. The van der Waals surface area contributed by atoms with Gasteiger partial charge in [0.05, 0.1) is 11.2 Å². The summed E-state index contributed by atoms with van der Waals surface area (Å²) in [7, 11) is 1.42. The Morgan fingerprint density at radius 2 is 2.06 bits per heavy atom. The first-order valence-electron chi connectivity index (χ1n) is 10.5. The molecule has 1 N–H and O–H groups in total. The van der Waals surface area contributed by atoms with Crippen LogP contribution in [0.15, 0.2) is 35.6 Å². The van der Waals surface area contributed by atoms with Crippen LogP contribution in [0.1, 0.15) is 40.0 Å². The molecule has 0 saturated carbocycles. The summed E-state index contributed by atoms with van der Waals surface area (Å²) in [5.74, 6) is -2.70. The minimum absolute atomic E-state index is 0.0268. The lowest BCUT2D eigenvalue weighted by atomic mass is 9.81. The summed E-state index contributed by atoms with van der Waals surface area (Å²) in [5.41, 5.74) is -1.90. The Kier molecular flexibility index (Phi) is 5.34. The highest BCUT2D eigenvalue weighted by Crippen LogP contribution is 2.54. The number of esters is 2. The molecule has 0 spiro atoms. The Labute approximate surface area is 186 Å². The fourth-order valence-corrected chi connectivity index (χ4v) is 4.99. The molecule has 4 heterocycles. The lowest BCUT2D eigenvalue weighted by molar-refractivity contribution is -0.175. The zero-order valence-electron chi connectivity index (χ0n) is 18.6. The molecule has 0 aromatic rings. The van der Waals surface area contributed by atoms with Gasteiger partial charge >= 0.3 is 11.9 Å². The standard InChI is InChI=1S/C23H28O9/c1-12(2)14-6-18(29-13(3)25)23-19(32-23)17(30-20(23)26)10-21(4,27)9-16-7-15(11-24)22(8-14,28-5)31-16/h7,9,11,14,17-19,27H,1,6,8,10H2,2-5H3/b16-9-/t14-,17+,18-,19+,21+,22?,23-/m1/s1. The van der Waals surface area contributed by atoms with Gasteiger partial charge in [0.1, 0.15) is 24.1 Å². The van der Waals surface area contributed by atoms with Crippen LogP contribution >= 0.6 is 0 Å². The van der Waals surface area contributed by atoms with Crippen molar-refractivity contribution in [1.82, 2.24) is 0 Å². The Hall–Kier alpha value is -2.49. The van der Waals surface area contributed by atoms with Crippen LogP contribution in [-0.2, 0) is 38.1 Å². The summed E-state index contributed by atoms with van der Waals surface area (Å²) in [6.45, 7) is 8.65. The van der Waals surface area contributed by atoms with Gasteiger partial charge in [0.15, 0.2) is 6.29 Å². The number of methoxy groups -OCH3 is 1. The van der Waals surface area contributed by atoms with Gasteiger partial charge in [-0.3, -0.25) is 9.59 Å². The fraction of sp³-hybridized carbons (Fsp3) is 0.609. The number of rotatable bonds is 4. The van der Waals surface area contributed by atoms with Crippen LogP contribution in [0.4, 0.5) is 0 Å². The number of aldehydes is 1. The molecule has 1 unspecified atom stereocenters. The van der Waals surface area contributed by atoms with Gasteiger partial charge in [-0.2, -0.15) is 0 Å². The van der Waals surface area contributed by atoms with E-state index in [1.807, 2.05) is 0 Å². The van der Waals surface area contributed by atoms with Gasteiger partial charge in [-0.05, 0) is 38.3 Å². The fourth-order valence-electron chi connectivity index (χ4n) is 4.99. The molecule has 9 heteroatoms. The lowest BCUT2D eigenvalue weighted by Crippen LogP contribution is -2.43. The topological polar surface area (TPSA) is 121 Å². The molecule has 4 rings (SSSR count). The second-order valence-corrected chi connectivity index (χ2v) is 9.24. The van der Waals surface area contributed by atoms with E-state index in [4.69, 9.17) is 23.7 Å². The molecule has 4 bridgehead atoms. The highest BCUT2D eigenvalue weighted by atomic mass is 16.7. The van der Waals surface area contributed by atoms with Crippen LogP contribution in [0.25, 0.3) is 0 Å². The molecule has 2 fully saturated rings. The van der Waals surface area contributed by atoms with Crippen LogP contribution in [0.2, 0.25) is 0 Å². The maximum atomic E-state index is 12.9. The summed E-state index contributed by atoms with van der Waals surface area (Å²) in [6.07, 6.45) is 1.69. The van der Waals surface area contributed by atoms with Crippen molar-refractivity contribution in [3.63, 3.8) is 0 Å². The van der Waals surface area contributed by atoms with Crippen LogP contribution in [0.3, 0.4) is 0 Å². The summed E-state index contributed by atoms with van der Waals surface area (Å²) in [4.78, 5) is 36.6. The minimum Gasteiger partial charge on any atom is -0.459 e. The molecule has 174 valence electrons. The largest absolute Gasteiger partial charge is 0.459 e. The van der Waals surface area contributed by atoms with E-state index < -0.39 is 47.2 Å². The average Bonchev–Trinajstić information content (AvgIpc) is 3.28. The molecule has 0 aromatic heterocycles. The number of hydrogen-bond acceptors (Lipinski definition) is 9. The Bertz CT molecular complexity index is 932. The predicted molar refractivity (Wildman–Crippen MR) is 109 cm³/mol. The highest BCUT2D eigenvalue weighted by molar-refractivity contribution is 5.88. The minimum atomic E-state index is -1.45. The first-order valence-corrected chi connectivity index (χ1v) is 10.5. The quantitative estimate of drug-likeness (QED) is 0.295. The Morgan fingerprint density at radius 3 is 2.62 bits per heavy atom. The van der Waals surface area contributed by atoms with Crippen LogP contribution in [-0.4, -0.2) is 65.7 Å². The van der Waals surface area contributed by atoms with Gasteiger partial charge in [-0.25, -0.2) is 4.79 Å². The summed E-state index contributed by atoms with van der Waals surface area (Å²) >= 11 is 0. The van der Waals surface area contributed by atoms with Crippen LogP contribution in [0, 0.1) is 5.92 Å². The van der Waals surface area contributed by atoms with E-state index in [0.29, 0.717) is 6.29 Å². The van der Waals surface area contributed by atoms with Crippen molar-refractivity contribution in [3.8, 4) is 0 Å². The Morgan fingerprint density at radius 1 is 1.34 bits per heavy atom. The van der Waals surface area contributed by atoms with Crippen LogP contribution < -0.4 is 0 Å². The van der Waals surface area contributed by atoms with Crippen molar-refractivity contribution in [2.75, 3.05) is 7.11 Å². The van der Waals surface area contributed by atoms with Gasteiger partial charge in [0, 0.05) is 26.9 Å². The van der Waals surface area contributed by atoms with Crippen molar-refractivity contribution in [1.29, 1.82) is 0 Å². The van der Waals surface area contributed by atoms with Crippen molar-refractivity contribution in [3.05, 3.63) is 35.6 Å². The number of fused-ring (bicyclic) bond motifs is 2. The number of allylic oxidation sites excluding steroid dienone is 2. The third-order valence-electron chi connectivity index (χ3n) is 6.64. The average molecular weight is 448 g/mol. The molecule has 32 heavy (non-hydrogen) atoms. The molecule has 0 radical (unpaired) electrons. The molecule has 2 saturated heterocycles. The number of carbonyl (C=O) groups is 3. The third kappa shape index (κ3) is 3.58. The number of aliphatic hydroxyl groups is 1. The van der Waals surface area contributed by atoms with E-state index in [9.17, 15) is 19.5 Å². The lowest BCUT2D eigenvalue weighted by Gasteiger charge is -2.34. The maximum Gasteiger partial charge on any atom is 0.345 e. The zero-order chi connectivity index (χ0) is 23.5. The SMILES string of the molecule is C=C(C)[C@@H]1C[C@@H](OC(C)=O)[C@@]23O[C@H]2[C@H](C[C@@](C)(O)/C=C2/C=C(C=O)C(OC)(C1)O2)OC3=O. The van der Waals surface area contributed by atoms with Crippen molar-refractivity contribution < 1.29 is 43.2 Å². The van der Waals surface area contributed by atoms with E-state index >= 15 is 0 Å². The zero-order valence-corrected chi connectivity index (χ0v) is 18.6. The van der Waals surface area contributed by atoms with E-state index in [0.717, 1.165) is 5.57 Å². The Balaban J connectivity index is 1.81. The highest BCUT2D eigenvalue weighted by Gasteiger charge is 2.78. The predicted octanol–water partition coefficient (Wildman–Crippen LogP) is 1.49. The molecule has 0 aromatic carbocycles. The van der Waals surface area contributed by atoms with E-state index in [-0.39, 0.29) is 36.5 Å². The number of ether oxygens (including phenoxy) is 5. The molecular weight excluding hydrogens is 420 g/mol. The molecule has 0 amide bonds. The van der Waals surface area contributed by atoms with Gasteiger partial charge in [0.25, 0.3) is 0 Å². The molecule has 4 aliphatic rings. The van der Waals surface area contributed by atoms with Crippen molar-refractivity contribution in [2.24, 2.45) is 5.92 Å². The smallest absolute Gasteiger partial charge is 0.345 e. The molecule has 9 nitrogen and oxygen atoms in total. The monoisotopic (exact) mass is 448 g/mol. The molecular formula is C23H28O9. The normalized spacial score (nSPS) is 44.2. The van der Waals surface area contributed by atoms with Crippen molar-refractivity contribution in [2.45, 2.75) is 75.3 Å². The molecule has 0 aliphatic carbocycles. The molecule has 7 atom stereocenters. The van der Waals surface area contributed by atoms with E-state index in [1.165, 1.54) is 26.2 Å². The third-order valence-corrected chi connectivity index (χ3v) is 6.64. The second-order valence-electron chi connectivity index (χ2n) is 9.24. The first-order chi connectivity index (χ1) is 15.0. The number of carbonyl (C=O) groups excluding carboxylic acids is 3. The van der Waals surface area contributed by atoms with Gasteiger partial charge in [-0.1, -0.05) is 12.2 Å². The second kappa shape index (κ2) is 7.54. The first kappa shape index (κ1) is 22.7. The summed E-state index contributed by atoms with van der Waals surface area (Å²) < 4.78 is 28.6. The van der Waals surface area contributed by atoms with Gasteiger partial charge in [0.2, 0.25) is 11.4 Å².